The molecule has 10 heteroatoms. The summed E-state index contributed by atoms with van der Waals surface area (Å²) in [5.74, 6) is -2.08. The summed E-state index contributed by atoms with van der Waals surface area (Å²) in [4.78, 5) is 47.2. The van der Waals surface area contributed by atoms with Crippen molar-refractivity contribution in [3.63, 3.8) is 0 Å². The Hall–Kier alpha value is -3.66. The molecule has 1 aliphatic heterocycles. The molecule has 9 nitrogen and oxygen atoms in total. The van der Waals surface area contributed by atoms with Gasteiger partial charge in [0.25, 0.3) is 5.91 Å². The monoisotopic (exact) mass is 430 g/mol. The number of carboxylic acid groups (broad SMARTS) is 1. The Morgan fingerprint density at radius 3 is 2.77 bits per heavy atom. The lowest BCUT2D eigenvalue weighted by Crippen LogP contribution is -2.43. The first kappa shape index (κ1) is 21.1. The van der Waals surface area contributed by atoms with Crippen LogP contribution in [0.1, 0.15) is 28.1 Å². The highest BCUT2D eigenvalue weighted by molar-refractivity contribution is 7.10. The van der Waals surface area contributed by atoms with Gasteiger partial charge in [-0.05, 0) is 30.0 Å². The third kappa shape index (κ3) is 5.23. The van der Waals surface area contributed by atoms with Crippen molar-refractivity contribution in [2.75, 3.05) is 6.61 Å². The number of hydrogen-bond acceptors (Lipinski definition) is 7. The highest BCUT2D eigenvalue weighted by atomic mass is 32.1. The number of nitrogens with one attached hydrogen (secondary N) is 1. The van der Waals surface area contributed by atoms with Gasteiger partial charge in [-0.1, -0.05) is 6.07 Å². The zero-order valence-electron chi connectivity index (χ0n) is 15.6. The highest BCUT2D eigenvalue weighted by Crippen LogP contribution is 2.35. The van der Waals surface area contributed by atoms with Crippen LogP contribution in [0, 0.1) is 0 Å². The number of aliphatic carboxylic acids is 1. The van der Waals surface area contributed by atoms with E-state index in [2.05, 4.69) is 5.32 Å². The van der Waals surface area contributed by atoms with E-state index in [4.69, 9.17) is 20.3 Å². The summed E-state index contributed by atoms with van der Waals surface area (Å²) in [6.45, 7) is -0.453. The molecule has 0 fully saturated rings. The quantitative estimate of drug-likeness (QED) is 0.512. The fourth-order valence-corrected chi connectivity index (χ4v) is 3.33. The number of primary amides is 1. The second-order valence-electron chi connectivity index (χ2n) is 6.37. The van der Waals surface area contributed by atoms with Gasteiger partial charge in [-0.2, -0.15) is 0 Å². The second-order valence-corrected chi connectivity index (χ2v) is 7.34. The van der Waals surface area contributed by atoms with Gasteiger partial charge in [-0.15, -0.1) is 11.3 Å². The van der Waals surface area contributed by atoms with E-state index in [1.54, 1.807) is 6.08 Å². The molecular formula is C20H18N2O7S. The first-order valence-corrected chi connectivity index (χ1v) is 9.76. The molecule has 0 radical (unpaired) electrons. The first-order chi connectivity index (χ1) is 14.3. The molecule has 30 heavy (non-hydrogen) atoms. The topological polar surface area (TPSA) is 145 Å². The number of ketones is 1. The Bertz CT molecular complexity index is 1010. The highest BCUT2D eigenvalue weighted by Gasteiger charge is 2.28. The largest absolute Gasteiger partial charge is 0.484 e. The summed E-state index contributed by atoms with van der Waals surface area (Å²) >= 11 is 1.47. The van der Waals surface area contributed by atoms with Gasteiger partial charge in [0.05, 0.1) is 5.56 Å². The number of carbonyl (C=O) groups is 4. The third-order valence-electron chi connectivity index (χ3n) is 4.14. The standard InChI is InChI=1S/C20H18N2O7S/c21-17(23)6-5-14(20(26)27)22-18(24)10-28-11-3-4-13-15(8-11)29-16(19(13)25)9-12-2-1-7-30-12/h1-4,7-9,14H,5-6,10H2,(H2,21,23)(H,22,24)(H,26,27)/b16-9-. The number of carbonyl (C=O) groups excluding carboxylic acids is 3. The number of nitrogens with two attached hydrogens (primary N) is 1. The molecular weight excluding hydrogens is 412 g/mol. The van der Waals surface area contributed by atoms with Crippen LogP contribution in [0.5, 0.6) is 11.5 Å². The molecule has 1 unspecified atom stereocenters. The third-order valence-corrected chi connectivity index (χ3v) is 4.96. The molecule has 0 saturated carbocycles. The van der Waals surface area contributed by atoms with Crippen LogP contribution in [0.25, 0.3) is 6.08 Å². The number of Topliss-reactive ketones (excluding diaryl/α,β-unsaturated/α-hetero) is 1. The molecule has 2 amide bonds. The molecule has 4 N–H and O–H groups in total. The van der Waals surface area contributed by atoms with Crippen molar-refractivity contribution in [3.8, 4) is 11.5 Å². The van der Waals surface area contributed by atoms with E-state index < -0.39 is 30.4 Å². The van der Waals surface area contributed by atoms with Gasteiger partial charge in [-0.25, -0.2) is 4.79 Å². The lowest BCUT2D eigenvalue weighted by Gasteiger charge is -2.14. The van der Waals surface area contributed by atoms with Crippen LogP contribution < -0.4 is 20.5 Å². The van der Waals surface area contributed by atoms with E-state index >= 15 is 0 Å². The predicted molar refractivity (Wildman–Crippen MR) is 107 cm³/mol. The molecule has 2 aromatic rings. The fraction of sp³-hybridized carbons (Fsp3) is 0.200. The van der Waals surface area contributed by atoms with E-state index in [1.165, 1.54) is 29.5 Å². The van der Waals surface area contributed by atoms with Crippen LogP contribution in [0.3, 0.4) is 0 Å². The minimum atomic E-state index is -1.28. The first-order valence-electron chi connectivity index (χ1n) is 8.88. The zero-order chi connectivity index (χ0) is 21.7. The van der Waals surface area contributed by atoms with Crippen LogP contribution in [0.15, 0.2) is 41.5 Å². The van der Waals surface area contributed by atoms with E-state index in [0.717, 1.165) is 4.88 Å². The summed E-state index contributed by atoms with van der Waals surface area (Å²) < 4.78 is 11.0. The summed E-state index contributed by atoms with van der Waals surface area (Å²) in [5.41, 5.74) is 5.38. The summed E-state index contributed by atoms with van der Waals surface area (Å²) in [7, 11) is 0. The number of carboxylic acids is 1. The van der Waals surface area contributed by atoms with Crippen LogP contribution in [-0.4, -0.2) is 41.3 Å². The average molecular weight is 430 g/mol. The predicted octanol–water partition coefficient (Wildman–Crippen LogP) is 1.58. The second kappa shape index (κ2) is 9.23. The van der Waals surface area contributed by atoms with Crippen LogP contribution in [-0.2, 0) is 14.4 Å². The molecule has 0 saturated heterocycles. The van der Waals surface area contributed by atoms with E-state index in [0.29, 0.717) is 11.3 Å². The van der Waals surface area contributed by atoms with Crippen molar-refractivity contribution in [2.45, 2.75) is 18.9 Å². The number of allylic oxidation sites excluding steroid dienone is 1. The summed E-state index contributed by atoms with van der Waals surface area (Å²) in [6, 6.07) is 7.01. The van der Waals surface area contributed by atoms with E-state index in [1.807, 2.05) is 17.5 Å². The molecule has 1 aliphatic rings. The minimum Gasteiger partial charge on any atom is -0.484 e. The molecule has 0 bridgehead atoms. The van der Waals surface area contributed by atoms with Crippen LogP contribution in [0.4, 0.5) is 0 Å². The average Bonchev–Trinajstić information content (AvgIpc) is 3.31. The normalized spacial score (nSPS) is 14.7. The van der Waals surface area contributed by atoms with Crippen molar-refractivity contribution in [3.05, 3.63) is 51.9 Å². The van der Waals surface area contributed by atoms with Gasteiger partial charge in [0, 0.05) is 23.4 Å². The maximum atomic E-state index is 12.4. The number of hydrogen-bond donors (Lipinski definition) is 3. The lowest BCUT2D eigenvalue weighted by atomic mass is 10.1. The van der Waals surface area contributed by atoms with Crippen molar-refractivity contribution >= 4 is 41.0 Å². The van der Waals surface area contributed by atoms with Crippen molar-refractivity contribution in [1.29, 1.82) is 0 Å². The van der Waals surface area contributed by atoms with Gasteiger partial charge in [0.2, 0.25) is 11.7 Å². The molecule has 156 valence electrons. The van der Waals surface area contributed by atoms with Crippen molar-refractivity contribution < 1.29 is 33.8 Å². The number of thiophene rings is 1. The Balaban J connectivity index is 1.59. The number of fused-ring (bicyclic) bond motifs is 1. The smallest absolute Gasteiger partial charge is 0.326 e. The summed E-state index contributed by atoms with van der Waals surface area (Å²) in [5, 5.41) is 13.3. The minimum absolute atomic E-state index is 0.120. The SMILES string of the molecule is NC(=O)CCC(NC(=O)COc1ccc2c(c1)O/C(=C\c1cccs1)C2=O)C(=O)O. The lowest BCUT2D eigenvalue weighted by molar-refractivity contribution is -0.142. The van der Waals surface area contributed by atoms with Gasteiger partial charge < -0.3 is 25.6 Å². The molecule has 2 heterocycles. The van der Waals surface area contributed by atoms with Crippen molar-refractivity contribution in [1.82, 2.24) is 5.32 Å². The molecule has 0 aliphatic carbocycles. The van der Waals surface area contributed by atoms with Crippen molar-refractivity contribution in [2.24, 2.45) is 5.73 Å². The van der Waals surface area contributed by atoms with Gasteiger partial charge in [0.15, 0.2) is 12.4 Å². The molecule has 1 aromatic carbocycles. The van der Waals surface area contributed by atoms with Gasteiger partial charge in [-0.3, -0.25) is 14.4 Å². The molecule has 1 aromatic heterocycles. The van der Waals surface area contributed by atoms with E-state index in [-0.39, 0.29) is 30.1 Å². The molecule has 3 rings (SSSR count). The van der Waals surface area contributed by atoms with Crippen LogP contribution >= 0.6 is 11.3 Å². The Kier molecular flexibility index (Phi) is 6.48. The number of benzene rings is 1. The zero-order valence-corrected chi connectivity index (χ0v) is 16.4. The fourth-order valence-electron chi connectivity index (χ4n) is 2.69. The van der Waals surface area contributed by atoms with Gasteiger partial charge in [0.1, 0.15) is 17.5 Å². The molecule has 0 spiro atoms. The Morgan fingerprint density at radius 1 is 1.30 bits per heavy atom. The van der Waals surface area contributed by atoms with E-state index in [9.17, 15) is 19.2 Å². The number of amides is 2. The molecule has 1 atom stereocenters. The van der Waals surface area contributed by atoms with Crippen LogP contribution in [0.2, 0.25) is 0 Å². The number of ether oxygens (including phenoxy) is 2. The maximum absolute atomic E-state index is 12.4. The Morgan fingerprint density at radius 2 is 2.10 bits per heavy atom. The maximum Gasteiger partial charge on any atom is 0.326 e. The Labute approximate surface area is 175 Å². The van der Waals surface area contributed by atoms with Gasteiger partial charge >= 0.3 is 5.97 Å². The summed E-state index contributed by atoms with van der Waals surface area (Å²) in [6.07, 6.45) is 1.36. The number of rotatable bonds is 9.